The molecule has 0 bridgehead atoms. The lowest BCUT2D eigenvalue weighted by atomic mass is 10.1. The van der Waals surface area contributed by atoms with Crippen molar-refractivity contribution in [1.82, 2.24) is 20.3 Å². The Morgan fingerprint density at radius 3 is 2.42 bits per heavy atom. The molecule has 1 aliphatic rings. The summed E-state index contributed by atoms with van der Waals surface area (Å²) < 4.78 is 11.1. The number of carbonyl (C=O) groups is 1. The number of carbonyl (C=O) groups excluding carboxylic acids is 1. The zero-order valence-corrected chi connectivity index (χ0v) is 19.4. The topological polar surface area (TPSA) is 70.8 Å². The summed E-state index contributed by atoms with van der Waals surface area (Å²) in [5.41, 5.74) is 3.61. The quantitative estimate of drug-likeness (QED) is 0.541. The number of hydrogen-bond donors (Lipinski definition) is 1. The normalized spacial score (nSPS) is 14.8. The van der Waals surface area contributed by atoms with E-state index in [4.69, 9.17) is 9.26 Å². The minimum atomic E-state index is -0.118. The van der Waals surface area contributed by atoms with Gasteiger partial charge < -0.3 is 14.6 Å². The number of nitrogens with one attached hydrogen (secondary N) is 1. The molecule has 0 unspecified atom stereocenters. The third kappa shape index (κ3) is 6.21. The number of aromatic nitrogens is 1. The number of aryl methyl sites for hydroxylation is 2. The molecule has 4 rings (SSSR count). The molecule has 174 valence electrons. The number of rotatable bonds is 9. The van der Waals surface area contributed by atoms with Gasteiger partial charge in [-0.15, -0.1) is 0 Å². The zero-order valence-electron chi connectivity index (χ0n) is 19.4. The van der Waals surface area contributed by atoms with Crippen LogP contribution >= 0.6 is 0 Å². The average molecular weight is 449 g/mol. The molecule has 1 saturated heterocycles. The van der Waals surface area contributed by atoms with Crippen LogP contribution in [0.15, 0.2) is 59.1 Å². The molecule has 1 aromatic heterocycles. The first-order chi connectivity index (χ1) is 16.1. The first-order valence-electron chi connectivity index (χ1n) is 11.5. The van der Waals surface area contributed by atoms with Crippen molar-refractivity contribution >= 4 is 5.91 Å². The Balaban J connectivity index is 1.22. The lowest BCUT2D eigenvalue weighted by Crippen LogP contribution is -2.48. The summed E-state index contributed by atoms with van der Waals surface area (Å²) in [5, 5.41) is 7.00. The minimum absolute atomic E-state index is 0.118. The highest BCUT2D eigenvalue weighted by Crippen LogP contribution is 2.21. The number of amides is 1. The van der Waals surface area contributed by atoms with E-state index in [-0.39, 0.29) is 5.91 Å². The predicted molar refractivity (Wildman–Crippen MR) is 127 cm³/mol. The van der Waals surface area contributed by atoms with Crippen LogP contribution in [-0.2, 0) is 13.2 Å². The van der Waals surface area contributed by atoms with Crippen LogP contribution in [0.25, 0.3) is 0 Å². The van der Waals surface area contributed by atoms with Crippen molar-refractivity contribution in [2.24, 2.45) is 0 Å². The summed E-state index contributed by atoms with van der Waals surface area (Å²) in [6.07, 6.45) is 0. The van der Waals surface area contributed by atoms with Crippen molar-refractivity contribution in [1.29, 1.82) is 0 Å². The van der Waals surface area contributed by atoms with E-state index in [0.29, 0.717) is 24.5 Å². The van der Waals surface area contributed by atoms with Crippen LogP contribution in [0.3, 0.4) is 0 Å². The van der Waals surface area contributed by atoms with E-state index in [1.165, 1.54) is 5.56 Å². The summed E-state index contributed by atoms with van der Waals surface area (Å²) in [5.74, 6) is 1.18. The van der Waals surface area contributed by atoms with Crippen molar-refractivity contribution in [3.63, 3.8) is 0 Å². The Hall–Kier alpha value is -3.16. The van der Waals surface area contributed by atoms with Crippen molar-refractivity contribution in [3.8, 4) is 5.75 Å². The van der Waals surface area contributed by atoms with E-state index >= 15 is 0 Å². The summed E-state index contributed by atoms with van der Waals surface area (Å²) in [4.78, 5) is 17.7. The Morgan fingerprint density at radius 1 is 1.00 bits per heavy atom. The summed E-state index contributed by atoms with van der Waals surface area (Å²) in [6, 6.07) is 17.9. The second-order valence-corrected chi connectivity index (χ2v) is 8.45. The molecule has 3 aromatic rings. The van der Waals surface area contributed by atoms with E-state index in [1.54, 1.807) is 6.07 Å². The maximum absolute atomic E-state index is 12.8. The molecule has 7 nitrogen and oxygen atoms in total. The van der Waals surface area contributed by atoms with Gasteiger partial charge in [0.1, 0.15) is 18.1 Å². The molecule has 1 N–H and O–H groups in total. The van der Waals surface area contributed by atoms with Gasteiger partial charge in [-0.25, -0.2) is 0 Å². The van der Waals surface area contributed by atoms with Crippen LogP contribution < -0.4 is 10.1 Å². The SMILES string of the molecule is Cc1noc(C)c1COc1ccccc1C(=O)NCCN1CCN(Cc2ccccc2)CC1. The first-order valence-corrected chi connectivity index (χ1v) is 11.5. The van der Waals surface area contributed by atoms with Gasteiger partial charge in [0.05, 0.1) is 16.8 Å². The number of para-hydroxylation sites is 1. The molecule has 0 spiro atoms. The van der Waals surface area contributed by atoms with Gasteiger partial charge in [0.15, 0.2) is 0 Å². The highest BCUT2D eigenvalue weighted by molar-refractivity contribution is 5.96. The second-order valence-electron chi connectivity index (χ2n) is 8.45. The van der Waals surface area contributed by atoms with Crippen molar-refractivity contribution in [3.05, 3.63) is 82.7 Å². The van der Waals surface area contributed by atoms with Gasteiger partial charge in [0, 0.05) is 45.8 Å². The highest BCUT2D eigenvalue weighted by atomic mass is 16.5. The molecule has 1 fully saturated rings. The van der Waals surface area contributed by atoms with E-state index in [9.17, 15) is 4.79 Å². The molecule has 33 heavy (non-hydrogen) atoms. The van der Waals surface area contributed by atoms with Crippen LogP contribution in [-0.4, -0.2) is 60.1 Å². The Labute approximate surface area is 195 Å². The van der Waals surface area contributed by atoms with Gasteiger partial charge in [0.25, 0.3) is 5.91 Å². The first kappa shape index (κ1) is 23.0. The largest absolute Gasteiger partial charge is 0.488 e. The Bertz CT molecular complexity index is 1020. The van der Waals surface area contributed by atoms with Crippen LogP contribution in [0.5, 0.6) is 5.75 Å². The van der Waals surface area contributed by atoms with E-state index < -0.39 is 0 Å². The Morgan fingerprint density at radius 2 is 1.70 bits per heavy atom. The summed E-state index contributed by atoms with van der Waals surface area (Å²) in [7, 11) is 0. The third-order valence-electron chi connectivity index (χ3n) is 6.11. The van der Waals surface area contributed by atoms with E-state index in [1.807, 2.05) is 32.0 Å². The smallest absolute Gasteiger partial charge is 0.255 e. The lowest BCUT2D eigenvalue weighted by Gasteiger charge is -2.34. The number of hydrogen-bond acceptors (Lipinski definition) is 6. The van der Waals surface area contributed by atoms with Crippen LogP contribution in [0.2, 0.25) is 0 Å². The number of piperazine rings is 1. The molecule has 0 radical (unpaired) electrons. The Kier molecular flexibility index (Phi) is 7.75. The van der Waals surface area contributed by atoms with Crippen LogP contribution in [0.1, 0.15) is 32.9 Å². The standard InChI is InChI=1S/C26H32N4O3/c1-20-24(21(2)33-28-20)19-32-25-11-7-6-10-23(25)26(31)27-12-13-29-14-16-30(17-15-29)18-22-8-4-3-5-9-22/h3-11H,12-19H2,1-2H3,(H,27,31). The van der Waals surface area contributed by atoms with Crippen LogP contribution in [0, 0.1) is 13.8 Å². The van der Waals surface area contributed by atoms with Gasteiger partial charge >= 0.3 is 0 Å². The molecule has 2 heterocycles. The highest BCUT2D eigenvalue weighted by Gasteiger charge is 2.18. The van der Waals surface area contributed by atoms with Gasteiger partial charge in [-0.2, -0.15) is 0 Å². The number of ether oxygens (including phenoxy) is 1. The van der Waals surface area contributed by atoms with Gasteiger partial charge in [-0.1, -0.05) is 47.6 Å². The van der Waals surface area contributed by atoms with Gasteiger partial charge in [-0.05, 0) is 31.5 Å². The predicted octanol–water partition coefficient (Wildman–Crippen LogP) is 3.42. The van der Waals surface area contributed by atoms with Crippen molar-refractivity contribution in [2.75, 3.05) is 39.3 Å². The maximum Gasteiger partial charge on any atom is 0.255 e. The fraction of sp³-hybridized carbons (Fsp3) is 0.385. The zero-order chi connectivity index (χ0) is 23.0. The molecular formula is C26H32N4O3. The third-order valence-corrected chi connectivity index (χ3v) is 6.11. The second kappa shape index (κ2) is 11.1. The number of nitrogens with zero attached hydrogens (tertiary/aromatic N) is 3. The lowest BCUT2D eigenvalue weighted by molar-refractivity contribution is 0.0930. The van der Waals surface area contributed by atoms with Crippen molar-refractivity contribution in [2.45, 2.75) is 27.0 Å². The fourth-order valence-corrected chi connectivity index (χ4v) is 4.07. The maximum atomic E-state index is 12.8. The molecule has 0 saturated carbocycles. The van der Waals surface area contributed by atoms with E-state index in [2.05, 4.69) is 50.6 Å². The van der Waals surface area contributed by atoms with E-state index in [0.717, 1.165) is 56.3 Å². The molecule has 7 heteroatoms. The molecule has 0 atom stereocenters. The fourth-order valence-electron chi connectivity index (χ4n) is 4.07. The molecule has 0 aliphatic carbocycles. The summed E-state index contributed by atoms with van der Waals surface area (Å²) >= 11 is 0. The molecule has 1 aliphatic heterocycles. The minimum Gasteiger partial charge on any atom is -0.488 e. The van der Waals surface area contributed by atoms with Gasteiger partial charge in [0.2, 0.25) is 0 Å². The van der Waals surface area contributed by atoms with Gasteiger partial charge in [-0.3, -0.25) is 14.6 Å². The monoisotopic (exact) mass is 448 g/mol. The van der Waals surface area contributed by atoms with Crippen molar-refractivity contribution < 1.29 is 14.1 Å². The molecule has 2 aromatic carbocycles. The summed E-state index contributed by atoms with van der Waals surface area (Å²) in [6.45, 7) is 10.6. The number of benzene rings is 2. The average Bonchev–Trinajstić information content (AvgIpc) is 3.16. The molecule has 1 amide bonds. The molecular weight excluding hydrogens is 416 g/mol. The van der Waals surface area contributed by atoms with Crippen LogP contribution in [0.4, 0.5) is 0 Å².